The largest absolute Gasteiger partial charge is 0.544 e. The molecule has 0 unspecified atom stereocenters. The highest BCUT2D eigenvalue weighted by Crippen LogP contribution is 2.29. The van der Waals surface area contributed by atoms with Crippen LogP contribution in [0, 0.1) is 10.1 Å². The van der Waals surface area contributed by atoms with Crippen molar-refractivity contribution in [3.8, 4) is 11.3 Å². The molecule has 0 amide bonds. The number of thiazole rings is 1. The monoisotopic (exact) mass is 379 g/mol. The van der Waals surface area contributed by atoms with Gasteiger partial charge in [0.2, 0.25) is 0 Å². The Labute approximate surface area is 159 Å². The quantitative estimate of drug-likeness (QED) is 0.479. The van der Waals surface area contributed by atoms with Gasteiger partial charge in [0.15, 0.2) is 0 Å². The molecule has 1 heterocycles. The van der Waals surface area contributed by atoms with Gasteiger partial charge in [0.1, 0.15) is 5.01 Å². The van der Waals surface area contributed by atoms with Crippen molar-refractivity contribution in [2.24, 2.45) is 0 Å². The molecular formula is C20H15N2O4S-. The van der Waals surface area contributed by atoms with E-state index >= 15 is 0 Å². The number of carbonyl (C=O) groups excluding carboxylic acids is 1. The Bertz CT molecular complexity index is 1030. The number of nitro groups is 1. The maximum absolute atomic E-state index is 11.4. The fourth-order valence-electron chi connectivity index (χ4n) is 2.66. The van der Waals surface area contributed by atoms with E-state index in [-0.39, 0.29) is 10.6 Å². The van der Waals surface area contributed by atoms with E-state index in [0.29, 0.717) is 33.8 Å². The van der Waals surface area contributed by atoms with Gasteiger partial charge in [-0.15, -0.1) is 11.3 Å². The van der Waals surface area contributed by atoms with Crippen molar-refractivity contribution in [2.75, 3.05) is 0 Å². The van der Waals surface area contributed by atoms with E-state index in [0.717, 1.165) is 11.3 Å². The van der Waals surface area contributed by atoms with Crippen LogP contribution in [0.15, 0.2) is 48.5 Å². The number of carbonyl (C=O) groups is 1. The number of nitrogens with zero attached hydrogens (tertiary/aromatic N) is 2. The molecule has 0 saturated carbocycles. The summed E-state index contributed by atoms with van der Waals surface area (Å²) in [7, 11) is 0. The number of carboxylic acids is 1. The minimum absolute atomic E-state index is 0.0492. The van der Waals surface area contributed by atoms with Gasteiger partial charge in [0.25, 0.3) is 5.69 Å². The van der Waals surface area contributed by atoms with Crippen LogP contribution >= 0.6 is 11.3 Å². The number of aryl methyl sites for hydroxylation is 1. The third-order valence-electron chi connectivity index (χ3n) is 3.98. The molecule has 0 aliphatic heterocycles. The summed E-state index contributed by atoms with van der Waals surface area (Å²) in [5, 5.41) is 23.1. The molecule has 136 valence electrons. The van der Waals surface area contributed by atoms with E-state index in [9.17, 15) is 20.0 Å². The Morgan fingerprint density at radius 1 is 1.19 bits per heavy atom. The molecule has 0 atom stereocenters. The number of hydrogen-bond acceptors (Lipinski definition) is 6. The van der Waals surface area contributed by atoms with Crippen molar-refractivity contribution < 1.29 is 14.8 Å². The zero-order chi connectivity index (χ0) is 19.4. The first-order valence-corrected chi connectivity index (χ1v) is 9.04. The van der Waals surface area contributed by atoms with Crippen molar-refractivity contribution in [2.45, 2.75) is 13.3 Å². The van der Waals surface area contributed by atoms with E-state index in [2.05, 4.69) is 4.98 Å². The molecule has 0 saturated heterocycles. The minimum Gasteiger partial charge on any atom is -0.544 e. The third-order valence-corrected chi connectivity index (χ3v) is 4.98. The van der Waals surface area contributed by atoms with Crippen LogP contribution in [0.25, 0.3) is 23.4 Å². The summed E-state index contributed by atoms with van der Waals surface area (Å²) in [5.41, 5.74) is 2.42. The summed E-state index contributed by atoms with van der Waals surface area (Å²) in [4.78, 5) is 26.7. The highest BCUT2D eigenvalue weighted by atomic mass is 32.1. The average Bonchev–Trinajstić information content (AvgIpc) is 3.11. The summed E-state index contributed by atoms with van der Waals surface area (Å²) in [6.07, 6.45) is 3.90. The average molecular weight is 379 g/mol. The molecule has 27 heavy (non-hydrogen) atoms. The molecule has 3 rings (SSSR count). The number of rotatable bonds is 6. The summed E-state index contributed by atoms with van der Waals surface area (Å²) in [5.74, 6) is -1.28. The SMILES string of the molecule is CCc1ccc(/C=C/c2nc(-c3ccccc3)c(C(=O)[O-])s2)cc1[N+](=O)[O-]. The molecule has 0 N–H and O–H groups in total. The van der Waals surface area contributed by atoms with Crippen LogP contribution in [0.1, 0.15) is 32.7 Å². The van der Waals surface area contributed by atoms with E-state index in [1.165, 1.54) is 6.07 Å². The normalized spacial score (nSPS) is 11.0. The smallest absolute Gasteiger partial charge is 0.273 e. The maximum Gasteiger partial charge on any atom is 0.273 e. The number of nitro benzene ring substituents is 1. The van der Waals surface area contributed by atoms with Crippen LogP contribution in [-0.4, -0.2) is 15.9 Å². The van der Waals surface area contributed by atoms with Gasteiger partial charge in [-0.3, -0.25) is 10.1 Å². The Kier molecular flexibility index (Phi) is 5.42. The highest BCUT2D eigenvalue weighted by molar-refractivity contribution is 7.14. The molecule has 7 heteroatoms. The lowest BCUT2D eigenvalue weighted by atomic mass is 10.1. The first-order chi connectivity index (χ1) is 13.0. The van der Waals surface area contributed by atoms with E-state index in [1.807, 2.05) is 13.0 Å². The molecule has 0 spiro atoms. The van der Waals surface area contributed by atoms with E-state index < -0.39 is 10.9 Å². The van der Waals surface area contributed by atoms with Crippen molar-refractivity contribution in [1.82, 2.24) is 4.98 Å². The van der Waals surface area contributed by atoms with E-state index in [1.54, 1.807) is 48.6 Å². The molecule has 0 aliphatic carbocycles. The Hall–Kier alpha value is -3.32. The summed E-state index contributed by atoms with van der Waals surface area (Å²) in [6, 6.07) is 14.0. The van der Waals surface area contributed by atoms with Crippen LogP contribution < -0.4 is 5.11 Å². The lowest BCUT2D eigenvalue weighted by Crippen LogP contribution is -2.21. The molecule has 0 aliphatic rings. The fourth-order valence-corrected chi connectivity index (χ4v) is 3.48. The minimum atomic E-state index is -1.28. The predicted octanol–water partition coefficient (Wildman–Crippen LogP) is 3.81. The highest BCUT2D eigenvalue weighted by Gasteiger charge is 2.14. The summed E-state index contributed by atoms with van der Waals surface area (Å²) >= 11 is 1.01. The fraction of sp³-hybridized carbons (Fsp3) is 0.100. The van der Waals surface area contributed by atoms with Gasteiger partial charge in [0, 0.05) is 17.2 Å². The zero-order valence-electron chi connectivity index (χ0n) is 14.4. The van der Waals surface area contributed by atoms with Crippen molar-refractivity contribution in [3.05, 3.63) is 79.7 Å². The second kappa shape index (κ2) is 7.92. The van der Waals surface area contributed by atoms with Gasteiger partial charge in [-0.05, 0) is 18.1 Å². The lowest BCUT2D eigenvalue weighted by molar-refractivity contribution is -0.385. The lowest BCUT2D eigenvalue weighted by Gasteiger charge is -2.01. The molecular weight excluding hydrogens is 364 g/mol. The van der Waals surface area contributed by atoms with Crippen LogP contribution in [0.4, 0.5) is 5.69 Å². The first kappa shape index (κ1) is 18.5. The molecule has 0 fully saturated rings. The summed E-state index contributed by atoms with van der Waals surface area (Å²) in [6.45, 7) is 1.86. The van der Waals surface area contributed by atoms with Crippen LogP contribution in [0.5, 0.6) is 0 Å². The second-order valence-corrected chi connectivity index (χ2v) is 6.75. The van der Waals surface area contributed by atoms with Gasteiger partial charge in [-0.25, -0.2) is 4.98 Å². The Balaban J connectivity index is 1.95. The van der Waals surface area contributed by atoms with Crippen LogP contribution in [0.2, 0.25) is 0 Å². The standard InChI is InChI=1S/C20H16N2O4S/c1-2-14-10-8-13(12-16(14)22(25)26)9-11-17-21-18(19(27-17)20(23)24)15-6-4-3-5-7-15/h3-12H,2H2,1H3,(H,23,24)/p-1/b11-9+. The van der Waals surface area contributed by atoms with Gasteiger partial charge in [-0.1, -0.05) is 55.5 Å². The number of aromatic carboxylic acids is 1. The van der Waals surface area contributed by atoms with Gasteiger partial charge < -0.3 is 9.90 Å². The van der Waals surface area contributed by atoms with E-state index in [4.69, 9.17) is 0 Å². The van der Waals surface area contributed by atoms with Crippen molar-refractivity contribution in [1.29, 1.82) is 0 Å². The Morgan fingerprint density at radius 2 is 1.93 bits per heavy atom. The molecule has 1 aromatic heterocycles. The second-order valence-electron chi connectivity index (χ2n) is 5.72. The summed E-state index contributed by atoms with van der Waals surface area (Å²) < 4.78 is 0. The van der Waals surface area contributed by atoms with Gasteiger partial charge >= 0.3 is 0 Å². The topological polar surface area (TPSA) is 96.2 Å². The van der Waals surface area contributed by atoms with Crippen LogP contribution in [0.3, 0.4) is 0 Å². The predicted molar refractivity (Wildman–Crippen MR) is 103 cm³/mol. The van der Waals surface area contributed by atoms with Crippen LogP contribution in [-0.2, 0) is 6.42 Å². The first-order valence-electron chi connectivity index (χ1n) is 8.22. The number of aromatic nitrogens is 1. The Morgan fingerprint density at radius 3 is 2.56 bits per heavy atom. The number of carboxylic acid groups (broad SMARTS) is 1. The number of benzene rings is 2. The molecule has 0 radical (unpaired) electrons. The van der Waals surface area contributed by atoms with Gasteiger partial charge in [0.05, 0.1) is 21.5 Å². The zero-order valence-corrected chi connectivity index (χ0v) is 15.2. The molecule has 0 bridgehead atoms. The van der Waals surface area contributed by atoms with Crippen molar-refractivity contribution in [3.63, 3.8) is 0 Å². The molecule has 3 aromatic rings. The molecule has 2 aromatic carbocycles. The van der Waals surface area contributed by atoms with Gasteiger partial charge in [-0.2, -0.15) is 0 Å². The number of hydrogen-bond donors (Lipinski definition) is 0. The molecule has 6 nitrogen and oxygen atoms in total. The third kappa shape index (κ3) is 4.09. The van der Waals surface area contributed by atoms with Crippen molar-refractivity contribution >= 4 is 35.1 Å². The maximum atomic E-state index is 11.4.